The van der Waals surface area contributed by atoms with Crippen molar-refractivity contribution in [2.75, 3.05) is 17.1 Å². The van der Waals surface area contributed by atoms with Crippen LogP contribution in [0.4, 0.5) is 5.69 Å². The molecule has 1 aromatic rings. The first kappa shape index (κ1) is 13.5. The molecule has 0 aliphatic heterocycles. The quantitative estimate of drug-likeness (QED) is 0.872. The molecule has 0 heterocycles. The normalized spacial score (nSPS) is 13.4. The Hall–Kier alpha value is -0.590. The van der Waals surface area contributed by atoms with Gasteiger partial charge in [0.05, 0.1) is 11.4 Å². The lowest BCUT2D eigenvalue weighted by Crippen LogP contribution is -2.23. The molecule has 16 heavy (non-hydrogen) atoms. The highest BCUT2D eigenvalue weighted by atomic mass is 79.9. The summed E-state index contributed by atoms with van der Waals surface area (Å²) in [5.74, 6) is -0.370. The molecule has 0 aromatic heterocycles. The Labute approximate surface area is 104 Å². The van der Waals surface area contributed by atoms with E-state index in [1.54, 1.807) is 31.2 Å². The number of hydrogen-bond acceptors (Lipinski definition) is 3. The van der Waals surface area contributed by atoms with E-state index in [1.807, 2.05) is 0 Å². The molecule has 90 valence electrons. The third-order valence-electron chi connectivity index (χ3n) is 1.95. The SMILES string of the molecule is CC(CO)CS(=O)(=O)Nc1ccccc1Br. The second-order valence-electron chi connectivity index (χ2n) is 3.65. The maximum absolute atomic E-state index is 11.7. The molecule has 0 spiro atoms. The van der Waals surface area contributed by atoms with Crippen LogP contribution in [0.15, 0.2) is 28.7 Å². The van der Waals surface area contributed by atoms with Crippen LogP contribution in [0.25, 0.3) is 0 Å². The molecule has 0 bridgehead atoms. The Morgan fingerprint density at radius 2 is 2.06 bits per heavy atom. The predicted octanol–water partition coefficient (Wildman–Crippen LogP) is 1.82. The first-order chi connectivity index (χ1) is 7.44. The zero-order chi connectivity index (χ0) is 12.2. The Morgan fingerprint density at radius 3 is 2.62 bits per heavy atom. The van der Waals surface area contributed by atoms with Crippen LogP contribution in [-0.4, -0.2) is 25.9 Å². The molecule has 6 heteroatoms. The zero-order valence-electron chi connectivity index (χ0n) is 8.85. The molecule has 0 saturated heterocycles. The Bertz CT molecular complexity index is 447. The summed E-state index contributed by atoms with van der Waals surface area (Å²) in [4.78, 5) is 0. The Balaban J connectivity index is 2.77. The van der Waals surface area contributed by atoms with Crippen molar-refractivity contribution in [2.45, 2.75) is 6.92 Å². The van der Waals surface area contributed by atoms with E-state index in [-0.39, 0.29) is 18.3 Å². The highest BCUT2D eigenvalue weighted by Crippen LogP contribution is 2.22. The first-order valence-corrected chi connectivity index (χ1v) is 7.25. The molecule has 1 unspecified atom stereocenters. The molecule has 0 radical (unpaired) electrons. The molecule has 0 aliphatic rings. The Kier molecular flexibility index (Phi) is 4.76. The van der Waals surface area contributed by atoms with Crippen molar-refractivity contribution in [3.63, 3.8) is 0 Å². The molecule has 0 aliphatic carbocycles. The van der Waals surface area contributed by atoms with Crippen LogP contribution in [0.1, 0.15) is 6.92 Å². The fraction of sp³-hybridized carbons (Fsp3) is 0.400. The number of nitrogens with one attached hydrogen (secondary N) is 1. The highest BCUT2D eigenvalue weighted by molar-refractivity contribution is 9.10. The fourth-order valence-electron chi connectivity index (χ4n) is 1.18. The standard InChI is InChI=1S/C10H14BrNO3S/c1-8(6-13)7-16(14,15)12-10-5-3-2-4-9(10)11/h2-5,8,12-13H,6-7H2,1H3. The van der Waals surface area contributed by atoms with Gasteiger partial charge in [-0.15, -0.1) is 0 Å². The van der Waals surface area contributed by atoms with Crippen molar-refractivity contribution >= 4 is 31.6 Å². The molecule has 4 nitrogen and oxygen atoms in total. The number of aliphatic hydroxyl groups excluding tert-OH is 1. The van der Waals surface area contributed by atoms with Crippen molar-refractivity contribution in [2.24, 2.45) is 5.92 Å². The minimum Gasteiger partial charge on any atom is -0.396 e. The number of halogens is 1. The van der Waals surface area contributed by atoms with Gasteiger partial charge in [0.2, 0.25) is 10.0 Å². The van der Waals surface area contributed by atoms with Gasteiger partial charge in [0.15, 0.2) is 0 Å². The molecule has 1 aromatic carbocycles. The van der Waals surface area contributed by atoms with Crippen LogP contribution in [0, 0.1) is 5.92 Å². The van der Waals surface area contributed by atoms with Gasteiger partial charge in [-0.3, -0.25) is 4.72 Å². The minimum atomic E-state index is -3.41. The summed E-state index contributed by atoms with van der Waals surface area (Å²) in [5.41, 5.74) is 0.507. The summed E-state index contributed by atoms with van der Waals surface area (Å²) >= 11 is 3.26. The van der Waals surface area contributed by atoms with E-state index in [0.717, 1.165) is 0 Å². The Morgan fingerprint density at radius 1 is 1.44 bits per heavy atom. The number of rotatable bonds is 5. The summed E-state index contributed by atoms with van der Waals surface area (Å²) in [6.45, 7) is 1.54. The van der Waals surface area contributed by atoms with Crippen molar-refractivity contribution in [3.8, 4) is 0 Å². The lowest BCUT2D eigenvalue weighted by atomic mass is 10.2. The van der Waals surface area contributed by atoms with Gasteiger partial charge in [0.1, 0.15) is 0 Å². The highest BCUT2D eigenvalue weighted by Gasteiger charge is 2.15. The van der Waals surface area contributed by atoms with Gasteiger partial charge in [0.25, 0.3) is 0 Å². The molecule has 0 saturated carbocycles. The average Bonchev–Trinajstić information content (AvgIpc) is 2.20. The average molecular weight is 308 g/mol. The number of sulfonamides is 1. The number of para-hydroxylation sites is 1. The minimum absolute atomic E-state index is 0.0924. The predicted molar refractivity (Wildman–Crippen MR) is 67.8 cm³/mol. The molecule has 0 amide bonds. The number of benzene rings is 1. The zero-order valence-corrected chi connectivity index (χ0v) is 11.3. The van der Waals surface area contributed by atoms with E-state index >= 15 is 0 Å². The van der Waals surface area contributed by atoms with Crippen LogP contribution in [0.3, 0.4) is 0 Å². The topological polar surface area (TPSA) is 66.4 Å². The summed E-state index contributed by atoms with van der Waals surface area (Å²) < 4.78 is 26.5. The van der Waals surface area contributed by atoms with Crippen molar-refractivity contribution < 1.29 is 13.5 Å². The van der Waals surface area contributed by atoms with Gasteiger partial charge in [-0.2, -0.15) is 0 Å². The molecule has 2 N–H and O–H groups in total. The second-order valence-corrected chi connectivity index (χ2v) is 6.27. The maximum Gasteiger partial charge on any atom is 0.233 e. The molecular weight excluding hydrogens is 294 g/mol. The molecule has 1 atom stereocenters. The molecular formula is C10H14BrNO3S. The monoisotopic (exact) mass is 307 g/mol. The summed E-state index contributed by atoms with van der Waals surface area (Å²) in [7, 11) is -3.41. The number of hydrogen-bond donors (Lipinski definition) is 2. The van der Waals surface area contributed by atoms with Gasteiger partial charge >= 0.3 is 0 Å². The van der Waals surface area contributed by atoms with Gasteiger partial charge in [0, 0.05) is 11.1 Å². The van der Waals surface area contributed by atoms with E-state index in [9.17, 15) is 8.42 Å². The van der Waals surface area contributed by atoms with E-state index in [0.29, 0.717) is 10.2 Å². The van der Waals surface area contributed by atoms with Crippen molar-refractivity contribution in [1.29, 1.82) is 0 Å². The second kappa shape index (κ2) is 5.65. The van der Waals surface area contributed by atoms with E-state index in [1.165, 1.54) is 0 Å². The van der Waals surface area contributed by atoms with Crippen LogP contribution in [0.2, 0.25) is 0 Å². The van der Waals surface area contributed by atoms with Gasteiger partial charge in [-0.1, -0.05) is 19.1 Å². The van der Waals surface area contributed by atoms with E-state index < -0.39 is 10.0 Å². The third-order valence-corrected chi connectivity index (χ3v) is 4.19. The smallest absolute Gasteiger partial charge is 0.233 e. The number of anilines is 1. The van der Waals surface area contributed by atoms with Crippen LogP contribution < -0.4 is 4.72 Å². The largest absolute Gasteiger partial charge is 0.396 e. The van der Waals surface area contributed by atoms with Crippen molar-refractivity contribution in [3.05, 3.63) is 28.7 Å². The molecule has 0 fully saturated rings. The van der Waals surface area contributed by atoms with Gasteiger partial charge in [-0.05, 0) is 34.0 Å². The third kappa shape index (κ3) is 4.11. The fourth-order valence-corrected chi connectivity index (χ4v) is 3.15. The van der Waals surface area contributed by atoms with E-state index in [4.69, 9.17) is 5.11 Å². The lowest BCUT2D eigenvalue weighted by molar-refractivity contribution is 0.249. The summed E-state index contributed by atoms with van der Waals surface area (Å²) in [6, 6.07) is 6.98. The van der Waals surface area contributed by atoms with Gasteiger partial charge < -0.3 is 5.11 Å². The van der Waals surface area contributed by atoms with Crippen molar-refractivity contribution in [1.82, 2.24) is 0 Å². The lowest BCUT2D eigenvalue weighted by Gasteiger charge is -2.12. The van der Waals surface area contributed by atoms with Gasteiger partial charge in [-0.25, -0.2) is 8.42 Å². The van der Waals surface area contributed by atoms with Crippen LogP contribution in [-0.2, 0) is 10.0 Å². The molecule has 1 rings (SSSR count). The number of aliphatic hydroxyl groups is 1. The van der Waals surface area contributed by atoms with Crippen LogP contribution >= 0.6 is 15.9 Å². The van der Waals surface area contributed by atoms with Crippen LogP contribution in [0.5, 0.6) is 0 Å². The summed E-state index contributed by atoms with van der Waals surface area (Å²) in [5, 5.41) is 8.82. The first-order valence-electron chi connectivity index (χ1n) is 4.80. The van der Waals surface area contributed by atoms with E-state index in [2.05, 4.69) is 20.7 Å². The maximum atomic E-state index is 11.7. The summed E-state index contributed by atoms with van der Waals surface area (Å²) in [6.07, 6.45) is 0.